The van der Waals surface area contributed by atoms with Crippen LogP contribution in [0.5, 0.6) is 0 Å². The third-order valence-electron chi connectivity index (χ3n) is 3.02. The van der Waals surface area contributed by atoms with Crippen molar-refractivity contribution in [1.82, 2.24) is 0 Å². The molecule has 0 fully saturated rings. The highest BCUT2D eigenvalue weighted by molar-refractivity contribution is 6.45. The van der Waals surface area contributed by atoms with Gasteiger partial charge in [0.1, 0.15) is 5.02 Å². The van der Waals surface area contributed by atoms with Gasteiger partial charge in [0, 0.05) is 23.9 Å². The zero-order valence-corrected chi connectivity index (χ0v) is 14.1. The van der Waals surface area contributed by atoms with Gasteiger partial charge in [0.2, 0.25) is 0 Å². The van der Waals surface area contributed by atoms with Crippen LogP contribution in [0.1, 0.15) is 0 Å². The number of carbonyl (C=O) groups is 2. The van der Waals surface area contributed by atoms with E-state index in [9.17, 15) is 29.8 Å². The molecule has 0 aliphatic rings. The van der Waals surface area contributed by atoms with Crippen LogP contribution in [0, 0.1) is 20.2 Å². The molecule has 0 aliphatic carbocycles. The Hall–Kier alpha value is -3.24. The highest BCUT2D eigenvalue weighted by atomic mass is 35.5. The van der Waals surface area contributed by atoms with E-state index in [1.807, 2.05) is 0 Å². The number of hydrogen-bond donors (Lipinski definition) is 2. The van der Waals surface area contributed by atoms with E-state index >= 15 is 0 Å². The number of amides is 2. The number of nitrogens with one attached hydrogen (secondary N) is 2. The van der Waals surface area contributed by atoms with E-state index < -0.39 is 27.3 Å². The first-order valence-corrected chi connectivity index (χ1v) is 7.45. The summed E-state index contributed by atoms with van der Waals surface area (Å²) in [7, 11) is 0. The molecule has 12 heteroatoms. The Morgan fingerprint density at radius 3 is 2.08 bits per heavy atom. The molecule has 0 unspecified atom stereocenters. The Morgan fingerprint density at radius 2 is 1.46 bits per heavy atom. The maximum absolute atomic E-state index is 11.9. The third-order valence-corrected chi connectivity index (χ3v) is 3.67. The fraction of sp³-hybridized carbons (Fsp3) is 0. The van der Waals surface area contributed by atoms with Crippen molar-refractivity contribution in [3.8, 4) is 0 Å². The van der Waals surface area contributed by atoms with E-state index in [4.69, 9.17) is 23.2 Å². The summed E-state index contributed by atoms with van der Waals surface area (Å²) in [6.45, 7) is 0. The molecule has 0 radical (unpaired) electrons. The van der Waals surface area contributed by atoms with E-state index in [-0.39, 0.29) is 27.1 Å². The van der Waals surface area contributed by atoms with Gasteiger partial charge in [0.15, 0.2) is 0 Å². The first-order valence-electron chi connectivity index (χ1n) is 6.69. The summed E-state index contributed by atoms with van der Waals surface area (Å²) in [5.74, 6) is -2.34. The normalized spacial score (nSPS) is 10.1. The number of anilines is 2. The molecule has 134 valence electrons. The van der Waals surface area contributed by atoms with Crippen molar-refractivity contribution in [3.05, 3.63) is 66.7 Å². The molecule has 2 rings (SSSR count). The van der Waals surface area contributed by atoms with Crippen molar-refractivity contribution in [2.45, 2.75) is 0 Å². The predicted molar refractivity (Wildman–Crippen MR) is 93.5 cm³/mol. The summed E-state index contributed by atoms with van der Waals surface area (Å²) in [4.78, 5) is 44.0. The third kappa shape index (κ3) is 4.43. The first kappa shape index (κ1) is 19.1. The van der Waals surface area contributed by atoms with Gasteiger partial charge in [-0.25, -0.2) is 0 Å². The quantitative estimate of drug-likeness (QED) is 0.458. The van der Waals surface area contributed by atoms with Gasteiger partial charge in [-0.1, -0.05) is 23.2 Å². The lowest BCUT2D eigenvalue weighted by Gasteiger charge is -2.08. The second-order valence-corrected chi connectivity index (χ2v) is 5.57. The van der Waals surface area contributed by atoms with Crippen molar-refractivity contribution in [3.63, 3.8) is 0 Å². The molecule has 0 aromatic heterocycles. The highest BCUT2D eigenvalue weighted by Gasteiger charge is 2.19. The molecule has 2 aromatic rings. The van der Waals surface area contributed by atoms with Gasteiger partial charge in [0.25, 0.3) is 11.4 Å². The van der Waals surface area contributed by atoms with Crippen molar-refractivity contribution in [2.75, 3.05) is 10.6 Å². The topological polar surface area (TPSA) is 144 Å². The maximum atomic E-state index is 11.9. The first-order chi connectivity index (χ1) is 12.2. The molecule has 0 heterocycles. The van der Waals surface area contributed by atoms with Crippen LogP contribution in [0.25, 0.3) is 0 Å². The van der Waals surface area contributed by atoms with Gasteiger partial charge in [-0.15, -0.1) is 0 Å². The van der Waals surface area contributed by atoms with Gasteiger partial charge >= 0.3 is 11.8 Å². The largest absolute Gasteiger partial charge is 0.318 e. The van der Waals surface area contributed by atoms with E-state index in [0.717, 1.165) is 18.2 Å². The lowest BCUT2D eigenvalue weighted by molar-refractivity contribution is -0.384. The van der Waals surface area contributed by atoms with Crippen LogP contribution in [0.15, 0.2) is 36.4 Å². The Kier molecular flexibility index (Phi) is 5.70. The van der Waals surface area contributed by atoms with Gasteiger partial charge in [-0.3, -0.25) is 29.8 Å². The minimum Gasteiger partial charge on any atom is -0.318 e. The Bertz CT molecular complexity index is 934. The number of carbonyl (C=O) groups excluding carboxylic acids is 2. The summed E-state index contributed by atoms with van der Waals surface area (Å²) < 4.78 is 0. The predicted octanol–water partition coefficient (Wildman–Crippen LogP) is 3.39. The molecule has 0 spiro atoms. The zero-order valence-electron chi connectivity index (χ0n) is 12.6. The van der Waals surface area contributed by atoms with Crippen LogP contribution >= 0.6 is 23.2 Å². The fourth-order valence-corrected chi connectivity index (χ4v) is 2.17. The molecule has 2 aromatic carbocycles. The Balaban J connectivity index is 2.15. The van der Waals surface area contributed by atoms with Crippen LogP contribution in [0.4, 0.5) is 22.7 Å². The molecule has 0 saturated heterocycles. The van der Waals surface area contributed by atoms with Gasteiger partial charge in [0.05, 0.1) is 20.6 Å². The zero-order chi connectivity index (χ0) is 19.4. The number of rotatable bonds is 4. The molecule has 0 aliphatic heterocycles. The second-order valence-electron chi connectivity index (χ2n) is 4.75. The van der Waals surface area contributed by atoms with Gasteiger partial charge in [-0.2, -0.15) is 0 Å². The van der Waals surface area contributed by atoms with Crippen LogP contribution in [-0.2, 0) is 9.59 Å². The van der Waals surface area contributed by atoms with Crippen molar-refractivity contribution < 1.29 is 19.4 Å². The standard InChI is InChI=1S/C14H8Cl2N4O6/c15-9-4-2-8(19(23)24)6-11(9)18-14(22)13(21)17-7-1-3-10(16)12(5-7)20(25)26/h1-6H,(H,17,21)(H,18,22). The van der Waals surface area contributed by atoms with Crippen molar-refractivity contribution in [1.29, 1.82) is 0 Å². The average Bonchev–Trinajstić information content (AvgIpc) is 2.57. The number of nitrogens with zero attached hydrogens (tertiary/aromatic N) is 2. The number of non-ortho nitro benzene ring substituents is 1. The lowest BCUT2D eigenvalue weighted by Crippen LogP contribution is -2.29. The summed E-state index contributed by atoms with van der Waals surface area (Å²) in [6, 6.07) is 6.74. The van der Waals surface area contributed by atoms with Gasteiger partial charge < -0.3 is 10.6 Å². The molecule has 2 N–H and O–H groups in total. The van der Waals surface area contributed by atoms with E-state index in [2.05, 4.69) is 10.6 Å². The summed E-state index contributed by atoms with van der Waals surface area (Å²) in [6.07, 6.45) is 0. The van der Waals surface area contributed by atoms with E-state index in [0.29, 0.717) is 0 Å². The molecule has 0 atom stereocenters. The maximum Gasteiger partial charge on any atom is 0.314 e. The molecule has 26 heavy (non-hydrogen) atoms. The number of halogens is 2. The number of nitro groups is 2. The summed E-state index contributed by atoms with van der Waals surface area (Å²) >= 11 is 11.5. The molecule has 2 amide bonds. The Morgan fingerprint density at radius 1 is 0.846 bits per heavy atom. The van der Waals surface area contributed by atoms with E-state index in [1.54, 1.807) is 0 Å². The van der Waals surface area contributed by atoms with Crippen LogP contribution in [-0.4, -0.2) is 21.7 Å². The van der Waals surface area contributed by atoms with Gasteiger partial charge in [-0.05, 0) is 18.2 Å². The second kappa shape index (κ2) is 7.76. The van der Waals surface area contributed by atoms with Crippen LogP contribution in [0.2, 0.25) is 10.0 Å². The average molecular weight is 399 g/mol. The summed E-state index contributed by atoms with van der Waals surface area (Å²) in [5.41, 5.74) is -0.959. The number of benzene rings is 2. The molecular formula is C14H8Cl2N4O6. The van der Waals surface area contributed by atoms with Crippen LogP contribution < -0.4 is 10.6 Å². The number of hydrogen-bond acceptors (Lipinski definition) is 6. The Labute approximate surface area is 155 Å². The summed E-state index contributed by atoms with van der Waals surface area (Å²) in [5, 5.41) is 25.7. The van der Waals surface area contributed by atoms with Crippen LogP contribution in [0.3, 0.4) is 0 Å². The fourth-order valence-electron chi connectivity index (χ4n) is 1.82. The minimum absolute atomic E-state index is 0.0149. The SMILES string of the molecule is O=C(Nc1ccc(Cl)c([N+](=O)[O-])c1)C(=O)Nc1cc([N+](=O)[O-])ccc1Cl. The molecule has 0 saturated carbocycles. The smallest absolute Gasteiger partial charge is 0.314 e. The lowest BCUT2D eigenvalue weighted by atomic mass is 10.2. The molecule has 0 bridgehead atoms. The van der Waals surface area contributed by atoms with Crippen molar-refractivity contribution >= 4 is 57.8 Å². The highest BCUT2D eigenvalue weighted by Crippen LogP contribution is 2.28. The molecule has 10 nitrogen and oxygen atoms in total. The monoisotopic (exact) mass is 398 g/mol. The minimum atomic E-state index is -1.18. The van der Waals surface area contributed by atoms with Crippen molar-refractivity contribution in [2.24, 2.45) is 0 Å². The van der Waals surface area contributed by atoms with E-state index in [1.165, 1.54) is 18.2 Å². The molecular weight excluding hydrogens is 391 g/mol. The number of nitro benzene ring substituents is 2.